The monoisotopic (exact) mass is 442 g/mol. The third-order valence-electron chi connectivity index (χ3n) is 4.67. The predicted octanol–water partition coefficient (Wildman–Crippen LogP) is 2.71. The van der Waals surface area contributed by atoms with E-state index in [1.165, 1.54) is 6.20 Å². The smallest absolute Gasteiger partial charge is 0.242 e. The van der Waals surface area contributed by atoms with E-state index in [4.69, 9.17) is 11.6 Å². The Hall–Kier alpha value is -3.53. The largest absolute Gasteiger partial charge is 0.356 e. The lowest BCUT2D eigenvalue weighted by Crippen LogP contribution is -2.39. The fourth-order valence-corrected chi connectivity index (χ4v) is 3.25. The normalized spacial score (nSPS) is 12.1. The molecule has 11 heteroatoms. The first-order valence-electron chi connectivity index (χ1n) is 9.57. The molecule has 0 unspecified atom stereocenters. The van der Waals surface area contributed by atoms with Gasteiger partial charge in [0, 0.05) is 49.6 Å². The van der Waals surface area contributed by atoms with E-state index in [-0.39, 0.29) is 17.5 Å². The molecule has 0 aliphatic rings. The molecule has 4 heterocycles. The molecule has 0 aromatic carbocycles. The predicted molar refractivity (Wildman–Crippen MR) is 115 cm³/mol. The molecule has 4 aromatic rings. The average molecular weight is 443 g/mol. The maximum Gasteiger partial charge on any atom is 0.242 e. The number of halogens is 2. The summed E-state index contributed by atoms with van der Waals surface area (Å²) < 4.78 is 16.2. The molecule has 0 saturated carbocycles. The van der Waals surface area contributed by atoms with Crippen LogP contribution in [0.5, 0.6) is 0 Å². The number of aromatic nitrogens is 6. The lowest BCUT2D eigenvalue weighted by atomic mass is 10.2. The Bertz CT molecular complexity index is 1240. The van der Waals surface area contributed by atoms with Crippen molar-refractivity contribution in [1.82, 2.24) is 34.8 Å². The number of fused-ring (bicyclic) bond motifs is 1. The van der Waals surface area contributed by atoms with Crippen molar-refractivity contribution in [1.29, 1.82) is 0 Å². The quantitative estimate of drug-likeness (QED) is 0.405. The standard InChI is InChI=1S/C20H20ClFN8O/c1-11(20(31)23-4-3-13-9-30(2)10-27-13)28-19-16(22)8-26-18(29-19)15-7-25-17-14(15)5-12(21)6-24-17/h5-11H,3-4H2,1-2H3,(H,23,31)(H,24,25)(H,26,28,29)/t11-/m0/s1. The lowest BCUT2D eigenvalue weighted by Gasteiger charge is -2.15. The molecule has 1 atom stereocenters. The van der Waals surface area contributed by atoms with E-state index in [2.05, 4.69) is 35.6 Å². The molecule has 1 amide bonds. The fourth-order valence-electron chi connectivity index (χ4n) is 3.09. The summed E-state index contributed by atoms with van der Waals surface area (Å²) >= 11 is 6.04. The molecule has 0 spiro atoms. The number of nitrogens with one attached hydrogen (secondary N) is 3. The van der Waals surface area contributed by atoms with Gasteiger partial charge in [-0.05, 0) is 13.0 Å². The number of aromatic amines is 1. The zero-order chi connectivity index (χ0) is 22.0. The highest BCUT2D eigenvalue weighted by Crippen LogP contribution is 2.28. The van der Waals surface area contributed by atoms with Crippen molar-refractivity contribution in [3.63, 3.8) is 0 Å². The number of hydrogen-bond donors (Lipinski definition) is 3. The van der Waals surface area contributed by atoms with Gasteiger partial charge in [-0.1, -0.05) is 11.6 Å². The lowest BCUT2D eigenvalue weighted by molar-refractivity contribution is -0.121. The molecular weight excluding hydrogens is 423 g/mol. The summed E-state index contributed by atoms with van der Waals surface area (Å²) in [5.74, 6) is -0.727. The first-order valence-corrected chi connectivity index (χ1v) is 9.95. The van der Waals surface area contributed by atoms with Crippen LogP contribution < -0.4 is 10.6 Å². The second-order valence-electron chi connectivity index (χ2n) is 7.08. The second-order valence-corrected chi connectivity index (χ2v) is 7.52. The number of aryl methyl sites for hydroxylation is 1. The number of hydrogen-bond acceptors (Lipinski definition) is 6. The number of carbonyl (C=O) groups excluding carboxylic acids is 1. The molecule has 31 heavy (non-hydrogen) atoms. The zero-order valence-corrected chi connectivity index (χ0v) is 17.6. The minimum absolute atomic E-state index is 0.0679. The second kappa shape index (κ2) is 8.68. The number of amides is 1. The summed E-state index contributed by atoms with van der Waals surface area (Å²) in [6.07, 6.45) is 8.46. The summed E-state index contributed by atoms with van der Waals surface area (Å²) in [6, 6.07) is 1.02. The van der Waals surface area contributed by atoms with Gasteiger partial charge in [0.05, 0.1) is 23.2 Å². The van der Waals surface area contributed by atoms with Gasteiger partial charge >= 0.3 is 0 Å². The van der Waals surface area contributed by atoms with Gasteiger partial charge in [-0.25, -0.2) is 24.3 Å². The first-order chi connectivity index (χ1) is 14.9. The van der Waals surface area contributed by atoms with E-state index < -0.39 is 11.9 Å². The van der Waals surface area contributed by atoms with Gasteiger partial charge in [0.15, 0.2) is 17.5 Å². The highest BCUT2D eigenvalue weighted by molar-refractivity contribution is 6.31. The van der Waals surface area contributed by atoms with Crippen LogP contribution in [0.15, 0.2) is 37.2 Å². The van der Waals surface area contributed by atoms with Crippen molar-refractivity contribution in [3.8, 4) is 11.4 Å². The summed E-state index contributed by atoms with van der Waals surface area (Å²) in [5, 5.41) is 6.80. The van der Waals surface area contributed by atoms with E-state index in [9.17, 15) is 9.18 Å². The molecule has 0 saturated heterocycles. The van der Waals surface area contributed by atoms with Crippen LogP contribution in [0.4, 0.5) is 10.2 Å². The highest BCUT2D eigenvalue weighted by Gasteiger charge is 2.18. The molecule has 0 fully saturated rings. The number of rotatable bonds is 7. The number of nitrogens with zero attached hydrogens (tertiary/aromatic N) is 5. The Morgan fingerprint density at radius 3 is 2.94 bits per heavy atom. The Labute approximate surface area is 182 Å². The summed E-state index contributed by atoms with van der Waals surface area (Å²) in [6.45, 7) is 2.05. The number of carbonyl (C=O) groups is 1. The highest BCUT2D eigenvalue weighted by atomic mass is 35.5. The van der Waals surface area contributed by atoms with E-state index >= 15 is 0 Å². The Morgan fingerprint density at radius 1 is 1.32 bits per heavy atom. The molecule has 9 nitrogen and oxygen atoms in total. The molecule has 0 radical (unpaired) electrons. The van der Waals surface area contributed by atoms with E-state index in [0.29, 0.717) is 34.6 Å². The number of pyridine rings is 1. The van der Waals surface area contributed by atoms with Crippen LogP contribution in [0.25, 0.3) is 22.4 Å². The van der Waals surface area contributed by atoms with Crippen LogP contribution in [-0.4, -0.2) is 48.0 Å². The molecule has 4 aromatic heterocycles. The van der Waals surface area contributed by atoms with Crippen molar-refractivity contribution in [2.24, 2.45) is 7.05 Å². The van der Waals surface area contributed by atoms with Crippen LogP contribution in [0.1, 0.15) is 12.6 Å². The minimum Gasteiger partial charge on any atom is -0.356 e. The zero-order valence-electron chi connectivity index (χ0n) is 16.9. The number of anilines is 1. The van der Waals surface area contributed by atoms with Crippen LogP contribution in [0.3, 0.4) is 0 Å². The van der Waals surface area contributed by atoms with Gasteiger partial charge in [-0.3, -0.25) is 4.79 Å². The van der Waals surface area contributed by atoms with Crippen molar-refractivity contribution >= 4 is 34.4 Å². The van der Waals surface area contributed by atoms with Gasteiger partial charge < -0.3 is 20.2 Å². The van der Waals surface area contributed by atoms with E-state index in [1.54, 1.807) is 25.5 Å². The third-order valence-corrected chi connectivity index (χ3v) is 4.87. The van der Waals surface area contributed by atoms with Crippen LogP contribution in [0, 0.1) is 5.82 Å². The Balaban J connectivity index is 1.45. The van der Waals surface area contributed by atoms with Crippen LogP contribution >= 0.6 is 11.6 Å². The molecule has 0 aliphatic carbocycles. The molecule has 0 bridgehead atoms. The molecule has 4 rings (SSSR count). The summed E-state index contributed by atoms with van der Waals surface area (Å²) in [7, 11) is 1.88. The van der Waals surface area contributed by atoms with Gasteiger partial charge in [0.1, 0.15) is 11.7 Å². The first kappa shape index (κ1) is 20.7. The van der Waals surface area contributed by atoms with Crippen molar-refractivity contribution in [2.45, 2.75) is 19.4 Å². The van der Waals surface area contributed by atoms with Gasteiger partial charge in [0.2, 0.25) is 5.91 Å². The topological polar surface area (TPSA) is 113 Å². The molecule has 160 valence electrons. The molecular formula is C20H20ClFN8O. The van der Waals surface area contributed by atoms with Gasteiger partial charge in [-0.2, -0.15) is 0 Å². The molecule has 0 aliphatic heterocycles. The van der Waals surface area contributed by atoms with Crippen molar-refractivity contribution in [2.75, 3.05) is 11.9 Å². The average Bonchev–Trinajstić information content (AvgIpc) is 3.35. The Morgan fingerprint density at radius 2 is 2.16 bits per heavy atom. The van der Waals surface area contributed by atoms with Crippen molar-refractivity contribution in [3.05, 3.63) is 53.7 Å². The Kier molecular flexibility index (Phi) is 5.81. The van der Waals surface area contributed by atoms with E-state index in [0.717, 1.165) is 11.9 Å². The number of imidazole rings is 1. The minimum atomic E-state index is -0.708. The third kappa shape index (κ3) is 4.64. The SMILES string of the molecule is C[C@H](Nc1nc(-c2c[nH]c3ncc(Cl)cc23)ncc1F)C(=O)NCCc1cn(C)cn1. The van der Waals surface area contributed by atoms with Crippen LogP contribution in [0.2, 0.25) is 5.02 Å². The van der Waals surface area contributed by atoms with Gasteiger partial charge in [-0.15, -0.1) is 0 Å². The van der Waals surface area contributed by atoms with E-state index in [1.807, 2.05) is 17.8 Å². The fraction of sp³-hybridized carbons (Fsp3) is 0.250. The number of H-pyrrole nitrogens is 1. The van der Waals surface area contributed by atoms with Gasteiger partial charge in [0.25, 0.3) is 0 Å². The maximum absolute atomic E-state index is 14.3. The van der Waals surface area contributed by atoms with Crippen LogP contribution in [-0.2, 0) is 18.3 Å². The van der Waals surface area contributed by atoms with Crippen molar-refractivity contribution < 1.29 is 9.18 Å². The molecule has 3 N–H and O–H groups in total. The maximum atomic E-state index is 14.3. The summed E-state index contributed by atoms with van der Waals surface area (Å²) in [4.78, 5) is 32.1. The summed E-state index contributed by atoms with van der Waals surface area (Å²) in [5.41, 5.74) is 2.12.